The first kappa shape index (κ1) is 13.7. The Labute approximate surface area is 117 Å². The van der Waals surface area contributed by atoms with Crippen molar-refractivity contribution < 1.29 is 4.79 Å². The van der Waals surface area contributed by atoms with Gasteiger partial charge in [0, 0.05) is 16.7 Å². The molecule has 100 valence electrons. The first-order chi connectivity index (χ1) is 9.16. The smallest absolute Gasteiger partial charge is 0.230 e. The third kappa shape index (κ3) is 3.86. The molecule has 4 nitrogen and oxygen atoms in total. The molecular weight excluding hydrogens is 258 g/mol. The van der Waals surface area contributed by atoms with Gasteiger partial charge in [0.2, 0.25) is 5.91 Å². The lowest BCUT2D eigenvalue weighted by atomic mass is 10.2. The minimum Gasteiger partial charge on any atom is -0.349 e. The lowest BCUT2D eigenvalue weighted by Gasteiger charge is -2.12. The number of carbonyl (C=O) groups excluding carboxylic acids is 1. The summed E-state index contributed by atoms with van der Waals surface area (Å²) in [7, 11) is 0. The number of aromatic amines is 1. The molecule has 1 unspecified atom stereocenters. The highest BCUT2D eigenvalue weighted by molar-refractivity contribution is 8.00. The molecule has 0 aliphatic carbocycles. The zero-order valence-corrected chi connectivity index (χ0v) is 11.8. The Kier molecular flexibility index (Phi) is 4.63. The van der Waals surface area contributed by atoms with Crippen molar-refractivity contribution in [1.29, 1.82) is 0 Å². The van der Waals surface area contributed by atoms with Gasteiger partial charge >= 0.3 is 0 Å². The highest BCUT2D eigenvalue weighted by Gasteiger charge is 2.10. The molecule has 0 spiro atoms. The molecule has 0 aliphatic heterocycles. The summed E-state index contributed by atoms with van der Waals surface area (Å²) in [5, 5.41) is 9.57. The Balaban J connectivity index is 1.84. The van der Waals surface area contributed by atoms with Crippen LogP contribution in [0.3, 0.4) is 0 Å². The third-order valence-electron chi connectivity index (χ3n) is 2.85. The summed E-state index contributed by atoms with van der Waals surface area (Å²) in [6, 6.07) is 8.05. The Hall–Kier alpha value is -1.75. The van der Waals surface area contributed by atoms with Crippen LogP contribution in [0, 0.1) is 6.92 Å². The number of hydrogen-bond acceptors (Lipinski definition) is 3. The van der Waals surface area contributed by atoms with Crippen molar-refractivity contribution >= 4 is 17.7 Å². The van der Waals surface area contributed by atoms with Crippen molar-refractivity contribution in [3.05, 3.63) is 47.8 Å². The average molecular weight is 275 g/mol. The molecule has 0 radical (unpaired) electrons. The molecule has 1 aromatic carbocycles. The number of carbonyl (C=O) groups is 1. The second-order valence-electron chi connectivity index (χ2n) is 4.38. The van der Waals surface area contributed by atoms with Crippen LogP contribution in [0.25, 0.3) is 0 Å². The van der Waals surface area contributed by atoms with E-state index in [-0.39, 0.29) is 11.9 Å². The van der Waals surface area contributed by atoms with Crippen LogP contribution >= 0.6 is 11.8 Å². The molecule has 0 fully saturated rings. The van der Waals surface area contributed by atoms with Crippen molar-refractivity contribution in [2.75, 3.05) is 5.75 Å². The van der Waals surface area contributed by atoms with Gasteiger partial charge in [0.15, 0.2) is 0 Å². The van der Waals surface area contributed by atoms with E-state index < -0.39 is 0 Å². The molecule has 2 aromatic rings. The number of nitrogens with one attached hydrogen (secondary N) is 2. The van der Waals surface area contributed by atoms with Crippen LogP contribution in [-0.4, -0.2) is 21.9 Å². The second-order valence-corrected chi connectivity index (χ2v) is 5.39. The van der Waals surface area contributed by atoms with Crippen molar-refractivity contribution in [3.8, 4) is 0 Å². The molecular formula is C14H17N3OS. The van der Waals surface area contributed by atoms with Crippen LogP contribution in [0.15, 0.2) is 41.6 Å². The van der Waals surface area contributed by atoms with Gasteiger partial charge < -0.3 is 5.32 Å². The predicted molar refractivity (Wildman–Crippen MR) is 77.0 cm³/mol. The van der Waals surface area contributed by atoms with Gasteiger partial charge in [0.25, 0.3) is 0 Å². The first-order valence-electron chi connectivity index (χ1n) is 6.13. The number of benzene rings is 1. The summed E-state index contributed by atoms with van der Waals surface area (Å²) < 4.78 is 0. The van der Waals surface area contributed by atoms with Crippen molar-refractivity contribution in [1.82, 2.24) is 15.5 Å². The predicted octanol–water partition coefficient (Wildman–Crippen LogP) is 2.69. The van der Waals surface area contributed by atoms with Gasteiger partial charge in [-0.2, -0.15) is 5.10 Å². The lowest BCUT2D eigenvalue weighted by Crippen LogP contribution is -2.27. The Morgan fingerprint density at radius 3 is 2.95 bits per heavy atom. The molecule has 1 amide bonds. The van der Waals surface area contributed by atoms with Crippen LogP contribution in [0.5, 0.6) is 0 Å². The quantitative estimate of drug-likeness (QED) is 0.825. The molecule has 1 atom stereocenters. The summed E-state index contributed by atoms with van der Waals surface area (Å²) in [6.07, 6.45) is 3.51. The van der Waals surface area contributed by atoms with E-state index in [4.69, 9.17) is 0 Å². The molecule has 5 heteroatoms. The summed E-state index contributed by atoms with van der Waals surface area (Å²) in [4.78, 5) is 13.0. The highest BCUT2D eigenvalue weighted by Crippen LogP contribution is 2.21. The lowest BCUT2D eigenvalue weighted by molar-refractivity contribution is -0.119. The standard InChI is InChI=1S/C14H17N3OS/c1-10-5-3-4-6-13(10)19-9-14(18)17-11(2)12-7-15-16-8-12/h3-8,11H,9H2,1-2H3,(H,15,16)(H,17,18). The minimum absolute atomic E-state index is 0.0243. The minimum atomic E-state index is -0.0243. The average Bonchev–Trinajstić information content (AvgIpc) is 2.91. The van der Waals surface area contributed by atoms with Gasteiger partial charge in [0.1, 0.15) is 0 Å². The zero-order chi connectivity index (χ0) is 13.7. The molecule has 1 aromatic heterocycles. The number of nitrogens with zero attached hydrogens (tertiary/aromatic N) is 1. The van der Waals surface area contributed by atoms with Gasteiger partial charge in [0.05, 0.1) is 18.0 Å². The molecule has 0 saturated carbocycles. The maximum atomic E-state index is 11.9. The summed E-state index contributed by atoms with van der Waals surface area (Å²) >= 11 is 1.56. The van der Waals surface area contributed by atoms with E-state index in [1.165, 1.54) is 5.56 Å². The van der Waals surface area contributed by atoms with E-state index in [1.807, 2.05) is 38.1 Å². The second kappa shape index (κ2) is 6.43. The van der Waals surface area contributed by atoms with Crippen molar-refractivity contribution in [2.45, 2.75) is 24.8 Å². The summed E-state index contributed by atoms with van der Waals surface area (Å²) in [5.41, 5.74) is 2.18. The maximum absolute atomic E-state index is 11.9. The van der Waals surface area contributed by atoms with Crippen LogP contribution in [0.4, 0.5) is 0 Å². The number of aryl methyl sites for hydroxylation is 1. The molecule has 19 heavy (non-hydrogen) atoms. The van der Waals surface area contributed by atoms with Crippen LogP contribution in [0.2, 0.25) is 0 Å². The van der Waals surface area contributed by atoms with Gasteiger partial charge in [-0.15, -0.1) is 11.8 Å². The van der Waals surface area contributed by atoms with Crippen LogP contribution < -0.4 is 5.32 Å². The fourth-order valence-corrected chi connectivity index (χ4v) is 2.57. The number of aromatic nitrogens is 2. The van der Waals surface area contributed by atoms with Crippen LogP contribution in [0.1, 0.15) is 24.1 Å². The van der Waals surface area contributed by atoms with Crippen molar-refractivity contribution in [3.63, 3.8) is 0 Å². The van der Waals surface area contributed by atoms with E-state index >= 15 is 0 Å². The Morgan fingerprint density at radius 2 is 2.26 bits per heavy atom. The monoisotopic (exact) mass is 275 g/mol. The number of hydrogen-bond donors (Lipinski definition) is 2. The third-order valence-corrected chi connectivity index (χ3v) is 4.02. The van der Waals surface area contributed by atoms with Crippen molar-refractivity contribution in [2.24, 2.45) is 0 Å². The fourth-order valence-electron chi connectivity index (χ4n) is 1.73. The molecule has 0 bridgehead atoms. The Morgan fingerprint density at radius 1 is 1.47 bits per heavy atom. The number of amides is 1. The molecule has 1 heterocycles. The number of rotatable bonds is 5. The summed E-state index contributed by atoms with van der Waals surface area (Å²) in [6.45, 7) is 4.00. The summed E-state index contributed by atoms with van der Waals surface area (Å²) in [5.74, 6) is 0.453. The molecule has 2 N–H and O–H groups in total. The highest BCUT2D eigenvalue weighted by atomic mass is 32.2. The van der Waals surface area contributed by atoms with Gasteiger partial charge in [-0.05, 0) is 25.5 Å². The normalized spacial score (nSPS) is 12.1. The largest absolute Gasteiger partial charge is 0.349 e. The van der Waals surface area contributed by atoms with E-state index in [2.05, 4.69) is 15.5 Å². The molecule has 2 rings (SSSR count). The van der Waals surface area contributed by atoms with Gasteiger partial charge in [-0.25, -0.2) is 0 Å². The topological polar surface area (TPSA) is 57.8 Å². The first-order valence-corrected chi connectivity index (χ1v) is 7.12. The van der Waals surface area contributed by atoms with E-state index in [1.54, 1.807) is 24.2 Å². The van der Waals surface area contributed by atoms with Gasteiger partial charge in [-0.3, -0.25) is 9.89 Å². The van der Waals surface area contributed by atoms with Gasteiger partial charge in [-0.1, -0.05) is 18.2 Å². The van der Waals surface area contributed by atoms with E-state index in [9.17, 15) is 4.79 Å². The number of thioether (sulfide) groups is 1. The zero-order valence-electron chi connectivity index (χ0n) is 11.0. The maximum Gasteiger partial charge on any atom is 0.230 e. The SMILES string of the molecule is Cc1ccccc1SCC(=O)NC(C)c1cn[nH]c1. The Bertz CT molecular complexity index is 539. The number of H-pyrrole nitrogens is 1. The van der Waals surface area contributed by atoms with E-state index in [0.29, 0.717) is 5.75 Å². The van der Waals surface area contributed by atoms with E-state index in [0.717, 1.165) is 10.5 Å². The fraction of sp³-hybridized carbons (Fsp3) is 0.286. The molecule has 0 saturated heterocycles. The van der Waals surface area contributed by atoms with Crippen LogP contribution in [-0.2, 0) is 4.79 Å². The molecule has 0 aliphatic rings.